The van der Waals surface area contributed by atoms with Crippen molar-refractivity contribution < 1.29 is 9.18 Å². The van der Waals surface area contributed by atoms with Gasteiger partial charge < -0.3 is 0 Å². The SMILES string of the molecule is O=C(N/N=C\c1ccccc1F)c1ccc(-n2cnnn2)cc1. The topological polar surface area (TPSA) is 85.1 Å². The molecule has 114 valence electrons. The van der Waals surface area contributed by atoms with Crippen molar-refractivity contribution in [2.24, 2.45) is 5.10 Å². The van der Waals surface area contributed by atoms with Crippen molar-refractivity contribution in [3.8, 4) is 5.69 Å². The average molecular weight is 310 g/mol. The second-order valence-corrected chi connectivity index (χ2v) is 4.52. The molecule has 0 saturated carbocycles. The van der Waals surface area contributed by atoms with Gasteiger partial charge in [0.2, 0.25) is 0 Å². The number of aromatic nitrogens is 4. The van der Waals surface area contributed by atoms with E-state index in [-0.39, 0.29) is 0 Å². The standard InChI is InChI=1S/C15H11FN6O/c16-14-4-2-1-3-12(14)9-17-19-15(23)11-5-7-13(8-6-11)22-10-18-20-21-22/h1-10H,(H,19,23)/b17-9-. The van der Waals surface area contributed by atoms with Crippen molar-refractivity contribution in [2.45, 2.75) is 0 Å². The lowest BCUT2D eigenvalue weighted by molar-refractivity contribution is 0.0955. The molecule has 1 amide bonds. The van der Waals surface area contributed by atoms with Gasteiger partial charge in [0.25, 0.3) is 5.91 Å². The molecule has 0 aliphatic rings. The van der Waals surface area contributed by atoms with Gasteiger partial charge in [-0.3, -0.25) is 4.79 Å². The molecule has 1 heterocycles. The van der Waals surface area contributed by atoms with Gasteiger partial charge in [-0.05, 0) is 40.8 Å². The molecule has 0 unspecified atom stereocenters. The fourth-order valence-corrected chi connectivity index (χ4v) is 1.85. The Labute approximate surface area is 130 Å². The summed E-state index contributed by atoms with van der Waals surface area (Å²) in [5, 5.41) is 14.6. The Kier molecular flexibility index (Phi) is 4.14. The van der Waals surface area contributed by atoms with Crippen LogP contribution < -0.4 is 5.43 Å². The lowest BCUT2D eigenvalue weighted by Gasteiger charge is -2.02. The predicted octanol–water partition coefficient (Wildman–Crippen LogP) is 1.57. The van der Waals surface area contributed by atoms with Crippen LogP contribution in [0.1, 0.15) is 15.9 Å². The van der Waals surface area contributed by atoms with Gasteiger partial charge in [-0.15, -0.1) is 5.10 Å². The number of nitrogens with one attached hydrogen (secondary N) is 1. The fourth-order valence-electron chi connectivity index (χ4n) is 1.85. The molecule has 0 bridgehead atoms. The van der Waals surface area contributed by atoms with Gasteiger partial charge in [-0.25, -0.2) is 14.5 Å². The fraction of sp³-hybridized carbons (Fsp3) is 0. The number of hydrogen-bond acceptors (Lipinski definition) is 5. The molecule has 0 atom stereocenters. The number of carbonyl (C=O) groups excluding carboxylic acids is 1. The number of benzene rings is 2. The highest BCUT2D eigenvalue weighted by atomic mass is 19.1. The molecule has 2 aromatic carbocycles. The minimum atomic E-state index is -0.406. The van der Waals surface area contributed by atoms with Crippen LogP contribution in [0.5, 0.6) is 0 Å². The number of halogens is 1. The summed E-state index contributed by atoms with van der Waals surface area (Å²) in [7, 11) is 0. The smallest absolute Gasteiger partial charge is 0.267 e. The first-order valence-electron chi connectivity index (χ1n) is 6.65. The summed E-state index contributed by atoms with van der Waals surface area (Å²) in [5.41, 5.74) is 3.77. The van der Waals surface area contributed by atoms with Crippen molar-refractivity contribution in [2.75, 3.05) is 0 Å². The Morgan fingerprint density at radius 3 is 2.65 bits per heavy atom. The molecule has 1 N–H and O–H groups in total. The maximum Gasteiger partial charge on any atom is 0.271 e. The lowest BCUT2D eigenvalue weighted by atomic mass is 10.2. The van der Waals surface area contributed by atoms with Crippen LogP contribution in [0.2, 0.25) is 0 Å². The summed E-state index contributed by atoms with van der Waals surface area (Å²) in [4.78, 5) is 12.0. The highest BCUT2D eigenvalue weighted by Crippen LogP contribution is 2.08. The second-order valence-electron chi connectivity index (χ2n) is 4.52. The van der Waals surface area contributed by atoms with E-state index in [0.29, 0.717) is 11.1 Å². The van der Waals surface area contributed by atoms with Crippen LogP contribution in [-0.4, -0.2) is 32.3 Å². The first-order valence-corrected chi connectivity index (χ1v) is 6.65. The molecular weight excluding hydrogens is 299 g/mol. The van der Waals surface area contributed by atoms with E-state index >= 15 is 0 Å². The van der Waals surface area contributed by atoms with E-state index in [4.69, 9.17) is 0 Å². The van der Waals surface area contributed by atoms with E-state index in [2.05, 4.69) is 26.1 Å². The number of carbonyl (C=O) groups is 1. The second kappa shape index (κ2) is 6.56. The van der Waals surface area contributed by atoms with E-state index < -0.39 is 11.7 Å². The van der Waals surface area contributed by atoms with Gasteiger partial charge in [0.1, 0.15) is 12.1 Å². The van der Waals surface area contributed by atoms with Gasteiger partial charge in [0, 0.05) is 11.1 Å². The van der Waals surface area contributed by atoms with Gasteiger partial charge in [-0.1, -0.05) is 18.2 Å². The molecule has 3 rings (SSSR count). The maximum absolute atomic E-state index is 13.4. The average Bonchev–Trinajstić information content (AvgIpc) is 3.11. The van der Waals surface area contributed by atoms with Crippen LogP contribution in [0, 0.1) is 5.82 Å². The molecule has 0 radical (unpaired) electrons. The number of tetrazole rings is 1. The van der Waals surface area contributed by atoms with E-state index in [1.807, 2.05) is 0 Å². The van der Waals surface area contributed by atoms with Crippen LogP contribution >= 0.6 is 0 Å². The number of rotatable bonds is 4. The molecule has 7 nitrogen and oxygen atoms in total. The molecule has 0 aliphatic carbocycles. The predicted molar refractivity (Wildman–Crippen MR) is 80.6 cm³/mol. The summed E-state index contributed by atoms with van der Waals surface area (Å²) in [6.07, 6.45) is 2.70. The zero-order valence-electron chi connectivity index (χ0n) is 11.8. The Morgan fingerprint density at radius 1 is 1.17 bits per heavy atom. The van der Waals surface area contributed by atoms with Gasteiger partial charge >= 0.3 is 0 Å². The number of hydrazone groups is 1. The molecule has 0 saturated heterocycles. The summed E-state index contributed by atoms with van der Waals surface area (Å²) in [6, 6.07) is 12.8. The van der Waals surface area contributed by atoms with Crippen molar-refractivity contribution in [1.82, 2.24) is 25.6 Å². The summed E-state index contributed by atoms with van der Waals surface area (Å²) >= 11 is 0. The van der Waals surface area contributed by atoms with Crippen molar-refractivity contribution in [3.05, 3.63) is 71.8 Å². The van der Waals surface area contributed by atoms with Gasteiger partial charge in [0.15, 0.2) is 0 Å². The number of hydrogen-bond donors (Lipinski definition) is 1. The monoisotopic (exact) mass is 310 g/mol. The largest absolute Gasteiger partial charge is 0.271 e. The van der Waals surface area contributed by atoms with Crippen molar-refractivity contribution in [3.63, 3.8) is 0 Å². The van der Waals surface area contributed by atoms with Crippen LogP contribution in [-0.2, 0) is 0 Å². The number of amides is 1. The Morgan fingerprint density at radius 2 is 1.96 bits per heavy atom. The third-order valence-electron chi connectivity index (χ3n) is 3.02. The summed E-state index contributed by atoms with van der Waals surface area (Å²) in [5.74, 6) is -0.808. The van der Waals surface area contributed by atoms with E-state index in [9.17, 15) is 9.18 Å². The molecule has 23 heavy (non-hydrogen) atoms. The Bertz CT molecular complexity index is 829. The lowest BCUT2D eigenvalue weighted by Crippen LogP contribution is -2.17. The number of nitrogens with zero attached hydrogens (tertiary/aromatic N) is 5. The zero-order valence-corrected chi connectivity index (χ0v) is 11.8. The van der Waals surface area contributed by atoms with Crippen LogP contribution in [0.25, 0.3) is 5.69 Å². The van der Waals surface area contributed by atoms with Crippen molar-refractivity contribution >= 4 is 12.1 Å². The van der Waals surface area contributed by atoms with E-state index in [0.717, 1.165) is 5.69 Å². The molecule has 0 aliphatic heterocycles. The Balaban J connectivity index is 1.66. The molecule has 8 heteroatoms. The molecule has 0 spiro atoms. The quantitative estimate of drug-likeness (QED) is 0.585. The zero-order chi connectivity index (χ0) is 16.1. The first kappa shape index (κ1) is 14.5. The maximum atomic E-state index is 13.4. The van der Waals surface area contributed by atoms with Crippen LogP contribution in [0.4, 0.5) is 4.39 Å². The van der Waals surface area contributed by atoms with Gasteiger partial charge in [0.05, 0.1) is 11.9 Å². The molecule has 1 aromatic heterocycles. The van der Waals surface area contributed by atoms with Crippen LogP contribution in [0.3, 0.4) is 0 Å². The summed E-state index contributed by atoms with van der Waals surface area (Å²) < 4.78 is 14.9. The van der Waals surface area contributed by atoms with Crippen LogP contribution in [0.15, 0.2) is 60.0 Å². The first-order chi connectivity index (χ1) is 11.2. The highest BCUT2D eigenvalue weighted by Gasteiger charge is 2.05. The van der Waals surface area contributed by atoms with E-state index in [1.165, 1.54) is 23.3 Å². The third-order valence-corrected chi connectivity index (χ3v) is 3.02. The molecular formula is C15H11FN6O. The summed E-state index contributed by atoms with van der Waals surface area (Å²) in [6.45, 7) is 0. The van der Waals surface area contributed by atoms with Gasteiger partial charge in [-0.2, -0.15) is 5.10 Å². The minimum absolute atomic E-state index is 0.293. The van der Waals surface area contributed by atoms with Crippen molar-refractivity contribution in [1.29, 1.82) is 0 Å². The van der Waals surface area contributed by atoms with E-state index in [1.54, 1.807) is 42.5 Å². The minimum Gasteiger partial charge on any atom is -0.267 e. The normalized spacial score (nSPS) is 10.8. The highest BCUT2D eigenvalue weighted by molar-refractivity contribution is 5.95. The molecule has 0 fully saturated rings. The third kappa shape index (κ3) is 3.43. The molecule has 3 aromatic rings. The Hall–Kier alpha value is -3.42.